The molecule has 1 aliphatic rings. The smallest absolute Gasteiger partial charge is 0.245 e. The SMILES string of the molecule is C=CC(=O)N1CCC(n2nnc3cnc4ccc(-c5cnc(N)c(C)c5)nc4c32)CC1. The third kappa shape index (κ3) is 3.27. The molecule has 0 bridgehead atoms. The molecule has 4 aromatic rings. The van der Waals surface area contributed by atoms with Gasteiger partial charge in [0, 0.05) is 24.8 Å². The second kappa shape index (κ2) is 7.42. The summed E-state index contributed by atoms with van der Waals surface area (Å²) in [6, 6.07) is 5.99. The maximum absolute atomic E-state index is 11.9. The summed E-state index contributed by atoms with van der Waals surface area (Å²) in [4.78, 5) is 27.4. The Morgan fingerprint density at radius 3 is 2.74 bits per heavy atom. The summed E-state index contributed by atoms with van der Waals surface area (Å²) < 4.78 is 1.94. The van der Waals surface area contributed by atoms with Crippen molar-refractivity contribution in [2.24, 2.45) is 0 Å². The van der Waals surface area contributed by atoms with Crippen LogP contribution < -0.4 is 5.73 Å². The van der Waals surface area contributed by atoms with Gasteiger partial charge in [0.15, 0.2) is 0 Å². The molecule has 2 N–H and O–H groups in total. The number of hydrogen-bond donors (Lipinski definition) is 1. The molecule has 5 heterocycles. The average molecular weight is 414 g/mol. The summed E-state index contributed by atoms with van der Waals surface area (Å²) in [6.45, 7) is 6.83. The van der Waals surface area contributed by atoms with Crippen molar-refractivity contribution in [2.45, 2.75) is 25.8 Å². The molecule has 0 aromatic carbocycles. The fourth-order valence-electron chi connectivity index (χ4n) is 4.09. The molecule has 0 atom stereocenters. The Morgan fingerprint density at radius 2 is 2.00 bits per heavy atom. The first-order chi connectivity index (χ1) is 15.0. The van der Waals surface area contributed by atoms with E-state index in [0.29, 0.717) is 24.4 Å². The van der Waals surface area contributed by atoms with Crippen LogP contribution in [-0.4, -0.2) is 53.8 Å². The van der Waals surface area contributed by atoms with E-state index >= 15 is 0 Å². The molecule has 1 saturated heterocycles. The van der Waals surface area contributed by atoms with Gasteiger partial charge in [-0.15, -0.1) is 5.10 Å². The minimum atomic E-state index is -0.0322. The number of nitrogens with zero attached hydrogens (tertiary/aromatic N) is 7. The van der Waals surface area contributed by atoms with Crippen LogP contribution in [0.4, 0.5) is 5.82 Å². The van der Waals surface area contributed by atoms with Gasteiger partial charge in [0.2, 0.25) is 5.91 Å². The highest BCUT2D eigenvalue weighted by molar-refractivity contribution is 5.99. The van der Waals surface area contributed by atoms with Crippen molar-refractivity contribution < 1.29 is 4.79 Å². The van der Waals surface area contributed by atoms with Crippen LogP contribution in [0.2, 0.25) is 0 Å². The molecule has 9 nitrogen and oxygen atoms in total. The number of piperidine rings is 1. The van der Waals surface area contributed by atoms with Gasteiger partial charge in [0.05, 0.1) is 23.4 Å². The third-order valence-corrected chi connectivity index (χ3v) is 5.86. The first kappa shape index (κ1) is 19.1. The monoisotopic (exact) mass is 414 g/mol. The highest BCUT2D eigenvalue weighted by Crippen LogP contribution is 2.30. The molecule has 1 aliphatic heterocycles. The molecule has 1 amide bonds. The Balaban J connectivity index is 1.58. The van der Waals surface area contributed by atoms with Crippen LogP contribution in [0.25, 0.3) is 33.3 Å². The standard InChI is InChI=1S/C22H22N8O/c1-3-19(31)29-8-6-15(7-9-29)30-21-18(27-28-30)12-24-17-5-4-16(26-20(17)21)14-10-13(2)22(23)25-11-14/h3-5,10-12,15H,1,6-9H2,2H3,(H2,23,25). The summed E-state index contributed by atoms with van der Waals surface area (Å²) in [6.07, 6.45) is 6.41. The van der Waals surface area contributed by atoms with Crippen LogP contribution in [0.1, 0.15) is 24.4 Å². The van der Waals surface area contributed by atoms with E-state index < -0.39 is 0 Å². The maximum atomic E-state index is 11.9. The van der Waals surface area contributed by atoms with Crippen molar-refractivity contribution in [3.8, 4) is 11.3 Å². The number of hydrogen-bond acceptors (Lipinski definition) is 7. The van der Waals surface area contributed by atoms with Crippen LogP contribution in [0, 0.1) is 6.92 Å². The average Bonchev–Trinajstić information content (AvgIpc) is 3.25. The highest BCUT2D eigenvalue weighted by atomic mass is 16.2. The normalized spacial score (nSPS) is 14.9. The summed E-state index contributed by atoms with van der Waals surface area (Å²) in [7, 11) is 0. The number of carbonyl (C=O) groups excluding carboxylic acids is 1. The molecular weight excluding hydrogens is 392 g/mol. The van der Waals surface area contributed by atoms with Crippen molar-refractivity contribution in [2.75, 3.05) is 18.8 Å². The summed E-state index contributed by atoms with van der Waals surface area (Å²) in [5.41, 5.74) is 11.5. The van der Waals surface area contributed by atoms with Crippen LogP contribution in [0.15, 0.2) is 43.2 Å². The number of aryl methyl sites for hydroxylation is 1. The van der Waals surface area contributed by atoms with Crippen molar-refractivity contribution >= 4 is 33.8 Å². The van der Waals surface area contributed by atoms with Gasteiger partial charge in [-0.05, 0) is 49.6 Å². The Labute approximate surface area is 178 Å². The van der Waals surface area contributed by atoms with E-state index in [0.717, 1.165) is 46.2 Å². The summed E-state index contributed by atoms with van der Waals surface area (Å²) in [5.74, 6) is 0.479. The summed E-state index contributed by atoms with van der Waals surface area (Å²) in [5, 5.41) is 8.75. The number of amides is 1. The predicted molar refractivity (Wildman–Crippen MR) is 118 cm³/mol. The van der Waals surface area contributed by atoms with Gasteiger partial charge in [-0.25, -0.2) is 14.6 Å². The number of fused-ring (bicyclic) bond motifs is 3. The van der Waals surface area contributed by atoms with E-state index in [4.69, 9.17) is 10.7 Å². The van der Waals surface area contributed by atoms with Gasteiger partial charge in [0.1, 0.15) is 22.4 Å². The molecule has 0 saturated carbocycles. The number of nitrogen functional groups attached to an aromatic ring is 1. The van der Waals surface area contributed by atoms with E-state index in [-0.39, 0.29) is 11.9 Å². The van der Waals surface area contributed by atoms with Crippen molar-refractivity contribution in [3.05, 3.63) is 48.8 Å². The second-order valence-electron chi connectivity index (χ2n) is 7.78. The highest BCUT2D eigenvalue weighted by Gasteiger charge is 2.25. The number of carbonyl (C=O) groups is 1. The van der Waals surface area contributed by atoms with E-state index in [1.165, 1.54) is 6.08 Å². The lowest BCUT2D eigenvalue weighted by molar-refractivity contribution is -0.127. The van der Waals surface area contributed by atoms with E-state index in [9.17, 15) is 4.79 Å². The lowest BCUT2D eigenvalue weighted by Crippen LogP contribution is -2.38. The van der Waals surface area contributed by atoms with E-state index in [1.807, 2.05) is 34.7 Å². The van der Waals surface area contributed by atoms with Crippen LogP contribution >= 0.6 is 0 Å². The maximum Gasteiger partial charge on any atom is 0.245 e. The molecule has 156 valence electrons. The molecule has 4 aromatic heterocycles. The van der Waals surface area contributed by atoms with Crippen LogP contribution in [0.3, 0.4) is 0 Å². The fourth-order valence-corrected chi connectivity index (χ4v) is 4.09. The molecule has 31 heavy (non-hydrogen) atoms. The van der Waals surface area contributed by atoms with Gasteiger partial charge >= 0.3 is 0 Å². The van der Waals surface area contributed by atoms with Gasteiger partial charge in [0.25, 0.3) is 0 Å². The minimum absolute atomic E-state index is 0.0322. The van der Waals surface area contributed by atoms with Crippen LogP contribution in [0.5, 0.6) is 0 Å². The lowest BCUT2D eigenvalue weighted by Gasteiger charge is -2.31. The molecule has 5 rings (SSSR count). The van der Waals surface area contributed by atoms with Gasteiger partial charge in [-0.2, -0.15) is 0 Å². The van der Waals surface area contributed by atoms with Gasteiger partial charge < -0.3 is 10.6 Å². The molecule has 0 unspecified atom stereocenters. The van der Waals surface area contributed by atoms with Crippen molar-refractivity contribution in [3.63, 3.8) is 0 Å². The van der Waals surface area contributed by atoms with Crippen LogP contribution in [-0.2, 0) is 4.79 Å². The topological polar surface area (TPSA) is 116 Å². The van der Waals surface area contributed by atoms with Crippen molar-refractivity contribution in [1.82, 2.24) is 34.8 Å². The van der Waals surface area contributed by atoms with Crippen molar-refractivity contribution in [1.29, 1.82) is 0 Å². The third-order valence-electron chi connectivity index (χ3n) is 5.86. The molecular formula is C22H22N8O. The Bertz CT molecular complexity index is 1320. The van der Waals surface area contributed by atoms with Gasteiger partial charge in [-0.1, -0.05) is 11.8 Å². The van der Waals surface area contributed by atoms with E-state index in [1.54, 1.807) is 12.4 Å². The number of rotatable bonds is 3. The molecule has 0 aliphatic carbocycles. The zero-order chi connectivity index (χ0) is 21.5. The lowest BCUT2D eigenvalue weighted by atomic mass is 10.0. The quantitative estimate of drug-likeness (QED) is 0.512. The Morgan fingerprint density at radius 1 is 1.19 bits per heavy atom. The Hall–Kier alpha value is -3.88. The number of likely N-dealkylation sites (tertiary alicyclic amines) is 1. The number of pyridine rings is 3. The summed E-state index contributed by atoms with van der Waals surface area (Å²) >= 11 is 0. The first-order valence-corrected chi connectivity index (χ1v) is 10.2. The molecule has 1 fully saturated rings. The fraction of sp³-hybridized carbons (Fsp3) is 0.273. The molecule has 9 heteroatoms. The number of aromatic nitrogens is 6. The minimum Gasteiger partial charge on any atom is -0.383 e. The van der Waals surface area contributed by atoms with Gasteiger partial charge in [-0.3, -0.25) is 9.78 Å². The second-order valence-corrected chi connectivity index (χ2v) is 7.78. The molecule has 0 spiro atoms. The predicted octanol–water partition coefficient (Wildman–Crippen LogP) is 2.68. The molecule has 0 radical (unpaired) electrons. The zero-order valence-electron chi connectivity index (χ0n) is 17.2. The largest absolute Gasteiger partial charge is 0.383 e. The van der Waals surface area contributed by atoms with E-state index in [2.05, 4.69) is 26.9 Å². The first-order valence-electron chi connectivity index (χ1n) is 10.2. The number of nitrogens with two attached hydrogens (primary N) is 1. The number of anilines is 1. The Kier molecular flexibility index (Phi) is 4.58. The zero-order valence-corrected chi connectivity index (χ0v) is 17.2.